The number of nitrogens with one attached hydrogen (secondary N) is 1. The lowest BCUT2D eigenvalue weighted by atomic mass is 10.1. The van der Waals surface area contributed by atoms with Gasteiger partial charge in [-0.15, -0.1) is 0 Å². The van der Waals surface area contributed by atoms with E-state index in [1.165, 1.54) is 6.92 Å². The lowest BCUT2D eigenvalue weighted by molar-refractivity contribution is -0.114. The van der Waals surface area contributed by atoms with Gasteiger partial charge in [0.05, 0.1) is 6.04 Å². The number of alkyl halides is 1. The summed E-state index contributed by atoms with van der Waals surface area (Å²) in [5, 5.41) is 2.62. The van der Waals surface area contributed by atoms with Crippen molar-refractivity contribution in [2.24, 2.45) is 5.73 Å². The quantitative estimate of drug-likeness (QED) is 0.771. The molecule has 0 aliphatic rings. The Hall–Kier alpha value is -1.42. The van der Waals surface area contributed by atoms with Crippen molar-refractivity contribution in [3.63, 3.8) is 0 Å². The Balaban J connectivity index is 2.73. The fourth-order valence-corrected chi connectivity index (χ4v) is 1.11. The molecule has 76 valence electrons. The summed E-state index contributed by atoms with van der Waals surface area (Å²) in [6.07, 6.45) is 0. The number of halogens is 1. The van der Waals surface area contributed by atoms with Crippen LogP contribution in [-0.2, 0) is 4.79 Å². The summed E-state index contributed by atoms with van der Waals surface area (Å²) in [7, 11) is 0. The Bertz CT molecular complexity index is 310. The molecule has 0 bridgehead atoms. The Morgan fingerprint density at radius 1 is 1.50 bits per heavy atom. The molecule has 1 unspecified atom stereocenters. The van der Waals surface area contributed by atoms with Gasteiger partial charge in [-0.1, -0.05) is 12.1 Å². The number of carbonyl (C=O) groups is 1. The van der Waals surface area contributed by atoms with Crippen LogP contribution in [0.3, 0.4) is 0 Å². The van der Waals surface area contributed by atoms with Crippen molar-refractivity contribution < 1.29 is 9.18 Å². The molecule has 14 heavy (non-hydrogen) atoms. The zero-order valence-electron chi connectivity index (χ0n) is 7.96. The molecule has 4 heteroatoms. The normalized spacial score (nSPS) is 12.2. The van der Waals surface area contributed by atoms with Gasteiger partial charge in [-0.2, -0.15) is 0 Å². The van der Waals surface area contributed by atoms with Crippen molar-refractivity contribution in [3.05, 3.63) is 29.8 Å². The largest absolute Gasteiger partial charge is 0.326 e. The summed E-state index contributed by atoms with van der Waals surface area (Å²) in [5.74, 6) is -0.132. The van der Waals surface area contributed by atoms with Crippen LogP contribution >= 0.6 is 0 Å². The van der Waals surface area contributed by atoms with Crippen LogP contribution in [0, 0.1) is 0 Å². The molecule has 0 heterocycles. The predicted octanol–water partition coefficient (Wildman–Crippen LogP) is 1.61. The number of amides is 1. The number of hydrogen-bond acceptors (Lipinski definition) is 2. The number of rotatable bonds is 3. The predicted molar refractivity (Wildman–Crippen MR) is 53.6 cm³/mol. The van der Waals surface area contributed by atoms with Crippen LogP contribution in [0.15, 0.2) is 24.3 Å². The van der Waals surface area contributed by atoms with E-state index in [1.807, 2.05) is 0 Å². The summed E-state index contributed by atoms with van der Waals surface area (Å²) >= 11 is 0. The van der Waals surface area contributed by atoms with E-state index in [9.17, 15) is 9.18 Å². The van der Waals surface area contributed by atoms with Crippen molar-refractivity contribution >= 4 is 11.6 Å². The molecule has 0 aliphatic carbocycles. The highest BCUT2D eigenvalue weighted by Gasteiger charge is 2.04. The summed E-state index contributed by atoms with van der Waals surface area (Å²) in [6.45, 7) is 0.848. The van der Waals surface area contributed by atoms with E-state index in [1.54, 1.807) is 24.3 Å². The maximum atomic E-state index is 12.2. The highest BCUT2D eigenvalue weighted by atomic mass is 19.1. The summed E-state index contributed by atoms with van der Waals surface area (Å²) in [5.41, 5.74) is 6.89. The second-order valence-electron chi connectivity index (χ2n) is 3.06. The molecule has 0 saturated heterocycles. The van der Waals surface area contributed by atoms with Crippen molar-refractivity contribution in [2.45, 2.75) is 13.0 Å². The van der Waals surface area contributed by atoms with Crippen LogP contribution in [0.4, 0.5) is 10.1 Å². The maximum Gasteiger partial charge on any atom is 0.221 e. The average Bonchev–Trinajstić information content (AvgIpc) is 2.17. The standard InChI is InChI=1S/C10H13FN2O/c1-7(14)13-9-4-2-8(3-5-9)10(12)6-11/h2-5,10H,6,12H2,1H3,(H,13,14). The highest BCUT2D eigenvalue weighted by Crippen LogP contribution is 2.14. The molecular weight excluding hydrogens is 183 g/mol. The molecule has 0 aromatic heterocycles. The first-order chi connectivity index (χ1) is 6.63. The lowest BCUT2D eigenvalue weighted by Crippen LogP contribution is -2.12. The van der Waals surface area contributed by atoms with E-state index in [0.717, 1.165) is 5.56 Å². The Morgan fingerprint density at radius 3 is 2.50 bits per heavy atom. The molecule has 0 saturated carbocycles. The zero-order chi connectivity index (χ0) is 10.6. The minimum atomic E-state index is -0.584. The van der Waals surface area contributed by atoms with Gasteiger partial charge in [-0.3, -0.25) is 4.79 Å². The van der Waals surface area contributed by atoms with Crippen LogP contribution in [0.1, 0.15) is 18.5 Å². The van der Waals surface area contributed by atoms with Crippen molar-refractivity contribution in [2.75, 3.05) is 12.0 Å². The molecule has 0 aliphatic heterocycles. The molecular formula is C10H13FN2O. The SMILES string of the molecule is CC(=O)Nc1ccc(C(N)CF)cc1. The molecule has 1 aromatic rings. The van der Waals surface area contributed by atoms with Gasteiger partial charge in [0.2, 0.25) is 5.91 Å². The lowest BCUT2D eigenvalue weighted by Gasteiger charge is -2.08. The third kappa shape index (κ3) is 2.81. The topological polar surface area (TPSA) is 55.1 Å². The minimum absolute atomic E-state index is 0.132. The van der Waals surface area contributed by atoms with E-state index in [2.05, 4.69) is 5.32 Å². The van der Waals surface area contributed by atoms with Gasteiger partial charge >= 0.3 is 0 Å². The highest BCUT2D eigenvalue weighted by molar-refractivity contribution is 5.88. The van der Waals surface area contributed by atoms with Gasteiger partial charge < -0.3 is 11.1 Å². The molecule has 1 aromatic carbocycles. The average molecular weight is 196 g/mol. The second-order valence-corrected chi connectivity index (χ2v) is 3.06. The van der Waals surface area contributed by atoms with Gasteiger partial charge in [-0.05, 0) is 17.7 Å². The van der Waals surface area contributed by atoms with Crippen LogP contribution in [-0.4, -0.2) is 12.6 Å². The Labute approximate surface area is 82.1 Å². The molecule has 0 spiro atoms. The third-order valence-electron chi connectivity index (χ3n) is 1.83. The third-order valence-corrected chi connectivity index (χ3v) is 1.83. The van der Waals surface area contributed by atoms with Crippen LogP contribution in [0.5, 0.6) is 0 Å². The van der Waals surface area contributed by atoms with E-state index in [-0.39, 0.29) is 5.91 Å². The zero-order valence-corrected chi connectivity index (χ0v) is 7.96. The molecule has 0 radical (unpaired) electrons. The van der Waals surface area contributed by atoms with Gasteiger partial charge in [-0.25, -0.2) is 4.39 Å². The minimum Gasteiger partial charge on any atom is -0.326 e. The van der Waals surface area contributed by atoms with Crippen molar-refractivity contribution in [1.82, 2.24) is 0 Å². The number of hydrogen-bond donors (Lipinski definition) is 2. The first-order valence-electron chi connectivity index (χ1n) is 4.32. The molecule has 3 nitrogen and oxygen atoms in total. The molecule has 1 amide bonds. The molecule has 1 atom stereocenters. The fraction of sp³-hybridized carbons (Fsp3) is 0.300. The summed E-state index contributed by atoms with van der Waals surface area (Å²) < 4.78 is 12.2. The van der Waals surface area contributed by atoms with E-state index < -0.39 is 12.7 Å². The Kier molecular flexibility index (Phi) is 3.59. The molecule has 3 N–H and O–H groups in total. The number of anilines is 1. The van der Waals surface area contributed by atoms with E-state index in [4.69, 9.17) is 5.73 Å². The van der Waals surface area contributed by atoms with Crippen molar-refractivity contribution in [1.29, 1.82) is 0 Å². The van der Waals surface area contributed by atoms with Crippen LogP contribution in [0.2, 0.25) is 0 Å². The van der Waals surface area contributed by atoms with Gasteiger partial charge in [0.25, 0.3) is 0 Å². The van der Waals surface area contributed by atoms with E-state index >= 15 is 0 Å². The smallest absolute Gasteiger partial charge is 0.221 e. The van der Waals surface area contributed by atoms with Crippen LogP contribution in [0.25, 0.3) is 0 Å². The second kappa shape index (κ2) is 4.72. The molecule has 1 rings (SSSR count). The van der Waals surface area contributed by atoms with Gasteiger partial charge in [0.1, 0.15) is 6.67 Å². The number of carbonyl (C=O) groups excluding carboxylic acids is 1. The Morgan fingerprint density at radius 2 is 2.07 bits per heavy atom. The maximum absolute atomic E-state index is 12.2. The first kappa shape index (κ1) is 10.7. The van der Waals surface area contributed by atoms with Gasteiger partial charge in [0.15, 0.2) is 0 Å². The van der Waals surface area contributed by atoms with Crippen molar-refractivity contribution in [3.8, 4) is 0 Å². The number of benzene rings is 1. The first-order valence-corrected chi connectivity index (χ1v) is 4.32. The fourth-order valence-electron chi connectivity index (χ4n) is 1.11. The van der Waals surface area contributed by atoms with E-state index in [0.29, 0.717) is 5.69 Å². The molecule has 0 fully saturated rings. The summed E-state index contributed by atoms with van der Waals surface area (Å²) in [6, 6.07) is 6.23. The number of nitrogens with two attached hydrogens (primary N) is 1. The van der Waals surface area contributed by atoms with Crippen LogP contribution < -0.4 is 11.1 Å². The van der Waals surface area contributed by atoms with Gasteiger partial charge in [0, 0.05) is 12.6 Å². The summed E-state index contributed by atoms with van der Waals surface area (Å²) in [4.78, 5) is 10.7. The monoisotopic (exact) mass is 196 g/mol.